The second-order valence-corrected chi connectivity index (χ2v) is 6.56. The van der Waals surface area contributed by atoms with Gasteiger partial charge in [0.25, 0.3) is 0 Å². The Morgan fingerprint density at radius 1 is 1.38 bits per heavy atom. The van der Waals surface area contributed by atoms with Crippen LogP contribution in [0.4, 0.5) is 0 Å². The molecule has 2 saturated heterocycles. The Balaban J connectivity index is 1.44. The van der Waals surface area contributed by atoms with Crippen molar-refractivity contribution in [2.24, 2.45) is 0 Å². The summed E-state index contributed by atoms with van der Waals surface area (Å²) >= 11 is 0. The fraction of sp³-hybridized carbons (Fsp3) is 0.933. The van der Waals surface area contributed by atoms with Crippen LogP contribution in [0.25, 0.3) is 0 Å². The molecule has 1 unspecified atom stereocenters. The molecular weight excluding hydrogens is 272 g/mol. The van der Waals surface area contributed by atoms with E-state index in [9.17, 15) is 9.90 Å². The molecule has 3 fully saturated rings. The highest BCUT2D eigenvalue weighted by Crippen LogP contribution is 2.39. The maximum absolute atomic E-state index is 12.3. The van der Waals surface area contributed by atoms with Crippen molar-refractivity contribution in [2.75, 3.05) is 32.8 Å². The predicted octanol–water partition coefficient (Wildman–Crippen LogP) is -0.104. The highest BCUT2D eigenvalue weighted by molar-refractivity contribution is 5.82. The molecule has 0 aromatic rings. The van der Waals surface area contributed by atoms with E-state index < -0.39 is 6.10 Å². The van der Waals surface area contributed by atoms with Gasteiger partial charge >= 0.3 is 0 Å². The maximum Gasteiger partial charge on any atom is 0.249 e. The lowest BCUT2D eigenvalue weighted by molar-refractivity contribution is -0.134. The minimum absolute atomic E-state index is 0.0575. The number of rotatable bonds is 5. The van der Waals surface area contributed by atoms with E-state index in [0.717, 1.165) is 58.5 Å². The maximum atomic E-state index is 12.3. The van der Waals surface area contributed by atoms with E-state index in [0.29, 0.717) is 0 Å². The van der Waals surface area contributed by atoms with Gasteiger partial charge in [0, 0.05) is 19.6 Å². The van der Waals surface area contributed by atoms with Gasteiger partial charge in [0.15, 0.2) is 0 Å². The van der Waals surface area contributed by atoms with E-state index in [1.165, 1.54) is 0 Å². The summed E-state index contributed by atoms with van der Waals surface area (Å²) in [5.41, 5.74) is -0.386. The van der Waals surface area contributed by atoms with Crippen LogP contribution in [0.5, 0.6) is 0 Å². The summed E-state index contributed by atoms with van der Waals surface area (Å²) in [6, 6.07) is 0. The summed E-state index contributed by atoms with van der Waals surface area (Å²) < 4.78 is 11.2. The van der Waals surface area contributed by atoms with Crippen LogP contribution in [0.1, 0.15) is 32.6 Å². The Labute approximate surface area is 125 Å². The first-order valence-corrected chi connectivity index (χ1v) is 8.05. The van der Waals surface area contributed by atoms with Gasteiger partial charge in [-0.15, -0.1) is 0 Å². The Hall–Kier alpha value is -0.690. The summed E-state index contributed by atoms with van der Waals surface area (Å²) in [6.07, 6.45) is 2.72. The van der Waals surface area contributed by atoms with Gasteiger partial charge in [0.1, 0.15) is 6.10 Å². The second-order valence-electron chi connectivity index (χ2n) is 6.56. The molecular formula is C15H26N2O4. The van der Waals surface area contributed by atoms with Crippen LogP contribution in [-0.4, -0.2) is 72.6 Å². The fourth-order valence-electron chi connectivity index (χ4n) is 3.21. The van der Waals surface area contributed by atoms with Gasteiger partial charge in [-0.25, -0.2) is 0 Å². The summed E-state index contributed by atoms with van der Waals surface area (Å²) in [7, 11) is 0. The van der Waals surface area contributed by atoms with E-state index >= 15 is 0 Å². The van der Waals surface area contributed by atoms with Crippen molar-refractivity contribution in [2.45, 2.75) is 56.5 Å². The largest absolute Gasteiger partial charge is 0.391 e. The molecule has 21 heavy (non-hydrogen) atoms. The van der Waals surface area contributed by atoms with E-state index in [1.807, 2.05) is 0 Å². The fourth-order valence-corrected chi connectivity index (χ4v) is 3.21. The number of carbonyl (C=O) groups excluding carboxylic acids is 1. The van der Waals surface area contributed by atoms with Crippen LogP contribution < -0.4 is 5.32 Å². The molecule has 3 rings (SSSR count). The highest BCUT2D eigenvalue weighted by Gasteiger charge is 2.49. The Kier molecular flexibility index (Phi) is 4.49. The van der Waals surface area contributed by atoms with Gasteiger partial charge in [-0.3, -0.25) is 9.69 Å². The molecule has 1 aliphatic carbocycles. The number of hydrogen-bond acceptors (Lipinski definition) is 5. The third kappa shape index (κ3) is 3.56. The molecule has 6 heteroatoms. The Bertz CT molecular complexity index is 378. The lowest BCUT2D eigenvalue weighted by atomic mass is 10.1. The molecule has 0 aromatic heterocycles. The van der Waals surface area contributed by atoms with Crippen LogP contribution in [0, 0.1) is 0 Å². The Morgan fingerprint density at radius 3 is 2.71 bits per heavy atom. The SMILES string of the molecule is CC(O)C1(NC(=O)[C@@H]2CC[C@H](CN3CCOCC3)O2)CC1. The van der Waals surface area contributed by atoms with Crippen LogP contribution in [0.15, 0.2) is 0 Å². The highest BCUT2D eigenvalue weighted by atomic mass is 16.5. The summed E-state index contributed by atoms with van der Waals surface area (Å²) in [6.45, 7) is 6.09. The van der Waals surface area contributed by atoms with E-state index in [-0.39, 0.29) is 23.7 Å². The van der Waals surface area contributed by atoms with Crippen molar-refractivity contribution in [1.29, 1.82) is 0 Å². The molecule has 0 aromatic carbocycles. The number of amides is 1. The monoisotopic (exact) mass is 298 g/mol. The number of nitrogens with one attached hydrogen (secondary N) is 1. The third-order valence-electron chi connectivity index (χ3n) is 4.93. The zero-order valence-corrected chi connectivity index (χ0v) is 12.7. The zero-order chi connectivity index (χ0) is 14.9. The van der Waals surface area contributed by atoms with Crippen molar-refractivity contribution in [3.05, 3.63) is 0 Å². The van der Waals surface area contributed by atoms with Crippen LogP contribution in [-0.2, 0) is 14.3 Å². The topological polar surface area (TPSA) is 71.0 Å². The first kappa shape index (κ1) is 15.2. The van der Waals surface area contributed by atoms with E-state index in [1.54, 1.807) is 6.92 Å². The van der Waals surface area contributed by atoms with Crippen molar-refractivity contribution in [3.8, 4) is 0 Å². The Morgan fingerprint density at radius 2 is 2.10 bits per heavy atom. The van der Waals surface area contributed by atoms with Crippen LogP contribution in [0.3, 0.4) is 0 Å². The number of hydrogen-bond donors (Lipinski definition) is 2. The van der Waals surface area contributed by atoms with Gasteiger partial charge in [-0.05, 0) is 32.6 Å². The number of ether oxygens (including phenoxy) is 2. The van der Waals surface area contributed by atoms with Gasteiger partial charge in [0.05, 0.1) is 31.0 Å². The first-order valence-electron chi connectivity index (χ1n) is 8.05. The molecule has 1 saturated carbocycles. The second kappa shape index (κ2) is 6.20. The van der Waals surface area contributed by atoms with Gasteiger partial charge in [-0.2, -0.15) is 0 Å². The smallest absolute Gasteiger partial charge is 0.249 e. The van der Waals surface area contributed by atoms with Crippen molar-refractivity contribution < 1.29 is 19.4 Å². The van der Waals surface area contributed by atoms with Crippen LogP contribution >= 0.6 is 0 Å². The molecule has 3 aliphatic rings. The van der Waals surface area contributed by atoms with Crippen molar-refractivity contribution in [3.63, 3.8) is 0 Å². The van der Waals surface area contributed by atoms with Crippen LogP contribution in [0.2, 0.25) is 0 Å². The van der Waals surface area contributed by atoms with Gasteiger partial charge < -0.3 is 19.9 Å². The molecule has 2 aliphatic heterocycles. The third-order valence-corrected chi connectivity index (χ3v) is 4.93. The molecule has 2 N–H and O–H groups in total. The van der Waals surface area contributed by atoms with Crippen molar-refractivity contribution >= 4 is 5.91 Å². The molecule has 1 amide bonds. The lowest BCUT2D eigenvalue weighted by Gasteiger charge is -2.29. The van der Waals surface area contributed by atoms with E-state index in [4.69, 9.17) is 9.47 Å². The lowest BCUT2D eigenvalue weighted by Crippen LogP contribution is -2.48. The first-order chi connectivity index (χ1) is 10.1. The molecule has 0 bridgehead atoms. The number of carbonyl (C=O) groups is 1. The molecule has 120 valence electrons. The predicted molar refractivity (Wildman–Crippen MR) is 76.9 cm³/mol. The molecule has 6 nitrogen and oxygen atoms in total. The number of aliphatic hydroxyl groups is 1. The summed E-state index contributed by atoms with van der Waals surface area (Å²) in [4.78, 5) is 14.6. The minimum Gasteiger partial charge on any atom is -0.391 e. The normalized spacial score (nSPS) is 33.6. The quantitative estimate of drug-likeness (QED) is 0.741. The standard InChI is InChI=1S/C15H26N2O4/c1-11(18)15(4-5-15)16-14(19)13-3-2-12(21-13)10-17-6-8-20-9-7-17/h11-13,18H,2-10H2,1H3,(H,16,19)/t11?,12-,13+/m1/s1. The van der Waals surface area contributed by atoms with Gasteiger partial charge in [-0.1, -0.05) is 0 Å². The molecule has 2 heterocycles. The average molecular weight is 298 g/mol. The summed E-state index contributed by atoms with van der Waals surface area (Å²) in [5, 5.41) is 12.7. The summed E-state index contributed by atoms with van der Waals surface area (Å²) in [5.74, 6) is -0.0575. The molecule has 3 atom stereocenters. The molecule has 0 spiro atoms. The average Bonchev–Trinajstić information content (AvgIpc) is 3.11. The van der Waals surface area contributed by atoms with E-state index in [2.05, 4.69) is 10.2 Å². The van der Waals surface area contributed by atoms with Gasteiger partial charge in [0.2, 0.25) is 5.91 Å². The minimum atomic E-state index is -0.494. The number of nitrogens with zero attached hydrogens (tertiary/aromatic N) is 1. The molecule has 0 radical (unpaired) electrons. The van der Waals surface area contributed by atoms with Crippen molar-refractivity contribution in [1.82, 2.24) is 10.2 Å². The number of morpholine rings is 1. The number of aliphatic hydroxyl groups excluding tert-OH is 1. The zero-order valence-electron chi connectivity index (χ0n) is 12.7.